The molecule has 5 heteroatoms. The summed E-state index contributed by atoms with van der Waals surface area (Å²) in [7, 11) is 0. The van der Waals surface area contributed by atoms with Gasteiger partial charge in [-0.05, 0) is 38.3 Å². The summed E-state index contributed by atoms with van der Waals surface area (Å²) in [5, 5.41) is 10.6. The second kappa shape index (κ2) is 10.2. The Hall–Kier alpha value is -2.76. The van der Waals surface area contributed by atoms with Gasteiger partial charge in [-0.3, -0.25) is 4.90 Å². The highest BCUT2D eigenvalue weighted by Gasteiger charge is 2.23. The van der Waals surface area contributed by atoms with Crippen LogP contribution < -0.4 is 4.90 Å². The summed E-state index contributed by atoms with van der Waals surface area (Å²) in [6.45, 7) is 10.6. The zero-order chi connectivity index (χ0) is 22.5. The van der Waals surface area contributed by atoms with Gasteiger partial charge >= 0.3 is 0 Å². The summed E-state index contributed by atoms with van der Waals surface area (Å²) < 4.78 is 0. The molecule has 0 amide bonds. The predicted molar refractivity (Wildman–Crippen MR) is 130 cm³/mol. The quantitative estimate of drug-likeness (QED) is 0.619. The molecular weight excluding hydrogens is 396 g/mol. The number of piperazine rings is 1. The summed E-state index contributed by atoms with van der Waals surface area (Å²) in [5.41, 5.74) is 6.04. The van der Waals surface area contributed by atoms with Crippen molar-refractivity contribution in [2.75, 3.05) is 37.6 Å². The average molecular weight is 431 g/mol. The Bertz CT molecular complexity index is 1030. The topological polar surface area (TPSA) is 52.5 Å². The van der Waals surface area contributed by atoms with E-state index in [4.69, 9.17) is 4.98 Å². The largest absolute Gasteiger partial charge is 0.391 e. The number of anilines is 1. The van der Waals surface area contributed by atoms with E-state index in [-0.39, 0.29) is 6.10 Å². The van der Waals surface area contributed by atoms with Gasteiger partial charge in [-0.2, -0.15) is 0 Å². The molecule has 2 aromatic carbocycles. The Balaban J connectivity index is 1.41. The van der Waals surface area contributed by atoms with E-state index in [9.17, 15) is 5.11 Å². The third-order valence-corrected chi connectivity index (χ3v) is 6.22. The number of rotatable bonds is 7. The zero-order valence-corrected chi connectivity index (χ0v) is 19.5. The van der Waals surface area contributed by atoms with Crippen LogP contribution in [0, 0.1) is 20.8 Å². The van der Waals surface area contributed by atoms with Crippen LogP contribution in [0.2, 0.25) is 0 Å². The van der Waals surface area contributed by atoms with Gasteiger partial charge in [0.15, 0.2) is 0 Å². The van der Waals surface area contributed by atoms with Gasteiger partial charge in [0.25, 0.3) is 0 Å². The first-order valence-corrected chi connectivity index (χ1v) is 11.6. The van der Waals surface area contributed by atoms with E-state index in [1.165, 1.54) is 22.3 Å². The molecule has 0 aliphatic carbocycles. The van der Waals surface area contributed by atoms with Gasteiger partial charge < -0.3 is 10.0 Å². The third-order valence-electron chi connectivity index (χ3n) is 6.22. The van der Waals surface area contributed by atoms with E-state index < -0.39 is 0 Å². The number of aliphatic hydroxyl groups is 1. The molecule has 1 aromatic heterocycles. The second-order valence-corrected chi connectivity index (χ2v) is 8.96. The summed E-state index contributed by atoms with van der Waals surface area (Å²) in [4.78, 5) is 14.3. The van der Waals surface area contributed by atoms with Gasteiger partial charge in [-0.15, -0.1) is 0 Å². The Labute approximate surface area is 191 Å². The minimum Gasteiger partial charge on any atom is -0.391 e. The molecule has 1 aliphatic rings. The molecule has 1 atom stereocenters. The molecule has 32 heavy (non-hydrogen) atoms. The van der Waals surface area contributed by atoms with Crippen LogP contribution in [0.5, 0.6) is 0 Å². The van der Waals surface area contributed by atoms with Crippen molar-refractivity contribution in [2.24, 2.45) is 0 Å². The maximum Gasteiger partial charge on any atom is 0.136 e. The maximum atomic E-state index is 10.6. The molecule has 0 unspecified atom stereocenters. The summed E-state index contributed by atoms with van der Waals surface area (Å²) in [6, 6.07) is 18.9. The zero-order valence-electron chi connectivity index (χ0n) is 19.5. The van der Waals surface area contributed by atoms with Crippen LogP contribution in [-0.2, 0) is 12.8 Å². The molecule has 0 spiro atoms. The molecule has 2 heterocycles. The van der Waals surface area contributed by atoms with Gasteiger partial charge in [0.1, 0.15) is 11.6 Å². The van der Waals surface area contributed by atoms with Crippen molar-refractivity contribution in [2.45, 2.75) is 39.7 Å². The van der Waals surface area contributed by atoms with Crippen molar-refractivity contribution in [1.29, 1.82) is 0 Å². The number of benzene rings is 2. The number of aromatic nitrogens is 2. The molecule has 1 fully saturated rings. The molecule has 5 nitrogen and oxygen atoms in total. The maximum absolute atomic E-state index is 10.6. The van der Waals surface area contributed by atoms with E-state index in [0.717, 1.165) is 49.9 Å². The van der Waals surface area contributed by atoms with Crippen LogP contribution in [-0.4, -0.2) is 58.8 Å². The van der Waals surface area contributed by atoms with E-state index in [0.29, 0.717) is 13.0 Å². The molecule has 0 saturated carbocycles. The van der Waals surface area contributed by atoms with Gasteiger partial charge in [0, 0.05) is 50.4 Å². The molecule has 4 rings (SSSR count). The molecule has 168 valence electrons. The highest BCUT2D eigenvalue weighted by Crippen LogP contribution is 2.25. The van der Waals surface area contributed by atoms with E-state index in [1.54, 1.807) is 0 Å². The van der Waals surface area contributed by atoms with Gasteiger partial charge in [-0.1, -0.05) is 60.2 Å². The summed E-state index contributed by atoms with van der Waals surface area (Å²) in [6.07, 6.45) is 1.20. The average Bonchev–Trinajstić information content (AvgIpc) is 2.77. The van der Waals surface area contributed by atoms with Crippen molar-refractivity contribution in [3.8, 4) is 0 Å². The van der Waals surface area contributed by atoms with Crippen molar-refractivity contribution < 1.29 is 5.11 Å². The monoisotopic (exact) mass is 430 g/mol. The number of aryl methyl sites for hydroxylation is 3. The van der Waals surface area contributed by atoms with Crippen LogP contribution >= 0.6 is 0 Å². The molecule has 1 aliphatic heterocycles. The molecule has 0 bridgehead atoms. The van der Waals surface area contributed by atoms with Gasteiger partial charge in [0.05, 0.1) is 6.10 Å². The highest BCUT2D eigenvalue weighted by atomic mass is 16.3. The van der Waals surface area contributed by atoms with E-state index in [2.05, 4.69) is 65.0 Å². The lowest BCUT2D eigenvalue weighted by atomic mass is 10.0. The van der Waals surface area contributed by atoms with Gasteiger partial charge in [-0.25, -0.2) is 9.97 Å². The lowest BCUT2D eigenvalue weighted by Gasteiger charge is -2.37. The SMILES string of the molecule is Cc1cccc(Cc2c(C)nc(C)nc2N2CCN(C[C@H](O)Cc3ccccc3)CC2)c1. The Morgan fingerprint density at radius 1 is 0.875 bits per heavy atom. The normalized spacial score (nSPS) is 15.7. The van der Waals surface area contributed by atoms with Crippen LogP contribution in [0.4, 0.5) is 5.82 Å². The third kappa shape index (κ3) is 5.72. The molecular formula is C27H34N4O. The number of aliphatic hydroxyl groups excluding tert-OH is 1. The van der Waals surface area contributed by atoms with Crippen molar-refractivity contribution in [3.05, 3.63) is 88.4 Å². The van der Waals surface area contributed by atoms with Crippen LogP contribution in [0.25, 0.3) is 0 Å². The molecule has 3 aromatic rings. The molecule has 1 saturated heterocycles. The number of β-amino-alcohol motifs (C(OH)–C–C–N with tert-alkyl or cyclic N) is 1. The smallest absolute Gasteiger partial charge is 0.136 e. The molecule has 0 radical (unpaired) electrons. The molecule has 1 N–H and O–H groups in total. The lowest BCUT2D eigenvalue weighted by Crippen LogP contribution is -2.49. The van der Waals surface area contributed by atoms with E-state index in [1.807, 2.05) is 25.1 Å². The number of hydrogen-bond donors (Lipinski definition) is 1. The predicted octanol–water partition coefficient (Wildman–Crippen LogP) is 3.72. The first kappa shape index (κ1) is 22.4. The Kier molecular flexibility index (Phi) is 7.18. The lowest BCUT2D eigenvalue weighted by molar-refractivity contribution is 0.109. The second-order valence-electron chi connectivity index (χ2n) is 8.96. The van der Waals surface area contributed by atoms with Gasteiger partial charge in [0.2, 0.25) is 0 Å². The minimum atomic E-state index is -0.343. The Morgan fingerprint density at radius 3 is 2.31 bits per heavy atom. The fourth-order valence-electron chi connectivity index (χ4n) is 4.60. The first-order valence-electron chi connectivity index (χ1n) is 11.6. The number of hydrogen-bond acceptors (Lipinski definition) is 5. The van der Waals surface area contributed by atoms with Crippen molar-refractivity contribution >= 4 is 5.82 Å². The van der Waals surface area contributed by atoms with Crippen molar-refractivity contribution in [1.82, 2.24) is 14.9 Å². The number of nitrogens with zero attached hydrogens (tertiary/aromatic N) is 4. The summed E-state index contributed by atoms with van der Waals surface area (Å²) in [5.74, 6) is 1.90. The fourth-order valence-corrected chi connectivity index (χ4v) is 4.60. The van der Waals surface area contributed by atoms with Crippen molar-refractivity contribution in [3.63, 3.8) is 0 Å². The van der Waals surface area contributed by atoms with E-state index >= 15 is 0 Å². The highest BCUT2D eigenvalue weighted by molar-refractivity contribution is 5.52. The first-order chi connectivity index (χ1) is 15.5. The fraction of sp³-hybridized carbons (Fsp3) is 0.407. The standard InChI is InChI=1S/C27H34N4O/c1-20-8-7-11-24(16-20)18-26-21(2)28-22(3)29-27(26)31-14-12-30(13-15-31)19-25(32)17-23-9-5-4-6-10-23/h4-11,16,25,32H,12-15,17-19H2,1-3H3/t25-/m1/s1. The van der Waals surface area contributed by atoms with Crippen LogP contribution in [0.15, 0.2) is 54.6 Å². The van der Waals surface area contributed by atoms with Crippen LogP contribution in [0.1, 0.15) is 33.8 Å². The minimum absolute atomic E-state index is 0.343. The Morgan fingerprint density at radius 2 is 1.59 bits per heavy atom. The summed E-state index contributed by atoms with van der Waals surface area (Å²) >= 11 is 0. The van der Waals surface area contributed by atoms with Crippen LogP contribution in [0.3, 0.4) is 0 Å².